The zero-order valence-corrected chi connectivity index (χ0v) is 16.7. The first-order valence-corrected chi connectivity index (χ1v) is 9.69. The van der Waals surface area contributed by atoms with Gasteiger partial charge in [0.1, 0.15) is 6.61 Å². The first-order chi connectivity index (χ1) is 13.5. The Morgan fingerprint density at radius 2 is 1.89 bits per heavy atom. The molecule has 0 aliphatic carbocycles. The van der Waals surface area contributed by atoms with Gasteiger partial charge in [0, 0.05) is 24.7 Å². The lowest BCUT2D eigenvalue weighted by molar-refractivity contribution is 0.0893. The summed E-state index contributed by atoms with van der Waals surface area (Å²) in [4.78, 5) is 13.3. The summed E-state index contributed by atoms with van der Waals surface area (Å²) in [5.41, 5.74) is 7.52. The Hall–Kier alpha value is -1.99. The van der Waals surface area contributed by atoms with Gasteiger partial charge in [0.25, 0.3) is 0 Å². The monoisotopic (exact) mass is 424 g/mol. The van der Waals surface area contributed by atoms with Gasteiger partial charge in [-0.1, -0.05) is 41.4 Å². The predicted octanol–water partition coefficient (Wildman–Crippen LogP) is 3.74. The molecule has 0 aromatic heterocycles. The average molecular weight is 425 g/mol. The molecule has 150 valence electrons. The van der Waals surface area contributed by atoms with Gasteiger partial charge in [0.05, 0.1) is 29.4 Å². The smallest absolute Gasteiger partial charge is 0.404 e. The topological polar surface area (TPSA) is 85.0 Å². The number of amides is 1. The van der Waals surface area contributed by atoms with E-state index in [4.69, 9.17) is 38.4 Å². The Kier molecular flexibility index (Phi) is 7.02. The van der Waals surface area contributed by atoms with E-state index in [1.54, 1.807) is 18.2 Å². The van der Waals surface area contributed by atoms with Crippen molar-refractivity contribution in [2.75, 3.05) is 37.8 Å². The number of hydrogen-bond acceptors (Lipinski definition) is 5. The number of carbonyl (C=O) groups is 1. The maximum Gasteiger partial charge on any atom is 0.404 e. The van der Waals surface area contributed by atoms with E-state index in [0.717, 1.165) is 18.8 Å². The minimum absolute atomic E-state index is 0.0871. The molecule has 8 heteroatoms. The molecule has 1 saturated heterocycles. The molecular formula is C20H22Cl2N2O4. The lowest BCUT2D eigenvalue weighted by Gasteiger charge is -2.30. The van der Waals surface area contributed by atoms with E-state index in [1.165, 1.54) is 0 Å². The number of nitrogens with zero attached hydrogens (tertiary/aromatic N) is 1. The van der Waals surface area contributed by atoms with Crippen LogP contribution in [0.2, 0.25) is 10.0 Å². The fourth-order valence-corrected chi connectivity index (χ4v) is 3.55. The Morgan fingerprint density at radius 3 is 2.57 bits per heavy atom. The van der Waals surface area contributed by atoms with Crippen molar-refractivity contribution < 1.29 is 19.4 Å². The number of hydrogen-bond donors (Lipinski definition) is 2. The van der Waals surface area contributed by atoms with Crippen LogP contribution in [0.4, 0.5) is 10.5 Å². The lowest BCUT2D eigenvalue weighted by Crippen LogP contribution is -2.36. The Labute approximate surface area is 173 Å². The second-order valence-electron chi connectivity index (χ2n) is 6.55. The molecular weight excluding hydrogens is 403 g/mol. The first-order valence-electron chi connectivity index (χ1n) is 8.93. The van der Waals surface area contributed by atoms with Gasteiger partial charge in [-0.25, -0.2) is 4.79 Å². The molecule has 0 radical (unpaired) electrons. The molecule has 0 saturated carbocycles. The summed E-state index contributed by atoms with van der Waals surface area (Å²) in [6.07, 6.45) is -1.84. The highest BCUT2D eigenvalue weighted by Gasteiger charge is 2.26. The van der Waals surface area contributed by atoms with Crippen molar-refractivity contribution >= 4 is 35.0 Å². The lowest BCUT2D eigenvalue weighted by atomic mass is 9.89. The molecule has 1 fully saturated rings. The van der Waals surface area contributed by atoms with Crippen LogP contribution in [-0.2, 0) is 9.47 Å². The number of halogens is 2. The SMILES string of the molecule is NC(=O)OCC(c1ccc(Cl)c(Cl)c1)C(O)c1cccc(N2CCOCC2)c1. The van der Waals surface area contributed by atoms with E-state index in [9.17, 15) is 9.90 Å². The number of primary amides is 1. The van der Waals surface area contributed by atoms with Gasteiger partial charge in [-0.3, -0.25) is 0 Å². The van der Waals surface area contributed by atoms with E-state index in [0.29, 0.717) is 34.4 Å². The summed E-state index contributed by atoms with van der Waals surface area (Å²) in [6.45, 7) is 2.84. The number of carbonyl (C=O) groups excluding carboxylic acids is 1. The zero-order valence-electron chi connectivity index (χ0n) is 15.2. The largest absolute Gasteiger partial charge is 0.449 e. The molecule has 3 rings (SSSR count). The van der Waals surface area contributed by atoms with Crippen LogP contribution in [0.25, 0.3) is 0 Å². The number of benzene rings is 2. The van der Waals surface area contributed by atoms with E-state index < -0.39 is 18.1 Å². The van der Waals surface area contributed by atoms with Crippen molar-refractivity contribution in [1.82, 2.24) is 0 Å². The Morgan fingerprint density at radius 1 is 1.14 bits per heavy atom. The van der Waals surface area contributed by atoms with Crippen LogP contribution in [-0.4, -0.2) is 44.1 Å². The summed E-state index contributed by atoms with van der Waals surface area (Å²) in [5, 5.41) is 11.8. The molecule has 1 aliphatic rings. The van der Waals surface area contributed by atoms with E-state index in [1.807, 2.05) is 24.3 Å². The van der Waals surface area contributed by atoms with Crippen molar-refractivity contribution in [2.45, 2.75) is 12.0 Å². The van der Waals surface area contributed by atoms with Crippen LogP contribution in [0.1, 0.15) is 23.1 Å². The molecule has 2 aromatic carbocycles. The third kappa shape index (κ3) is 5.08. The summed E-state index contributed by atoms with van der Waals surface area (Å²) in [5.74, 6) is -0.554. The van der Waals surface area contributed by atoms with Gasteiger partial charge in [-0.15, -0.1) is 0 Å². The van der Waals surface area contributed by atoms with Crippen molar-refractivity contribution in [2.24, 2.45) is 5.73 Å². The van der Waals surface area contributed by atoms with E-state index in [-0.39, 0.29) is 6.61 Å². The third-order valence-corrected chi connectivity index (χ3v) is 5.49. The number of morpholine rings is 1. The zero-order chi connectivity index (χ0) is 20.1. The number of nitrogens with two attached hydrogens (primary N) is 1. The molecule has 1 heterocycles. The molecule has 0 bridgehead atoms. The second-order valence-corrected chi connectivity index (χ2v) is 7.36. The number of ether oxygens (including phenoxy) is 2. The molecule has 2 atom stereocenters. The first kappa shape index (κ1) is 20.7. The van der Waals surface area contributed by atoms with Crippen molar-refractivity contribution in [3.8, 4) is 0 Å². The fraction of sp³-hybridized carbons (Fsp3) is 0.350. The van der Waals surface area contributed by atoms with Gasteiger partial charge >= 0.3 is 6.09 Å². The standard InChI is InChI=1S/C20H22Cl2N2O4/c21-17-5-4-13(11-18(17)22)16(12-28-20(23)26)19(25)14-2-1-3-15(10-14)24-6-8-27-9-7-24/h1-5,10-11,16,19,25H,6-9,12H2,(H2,23,26). The highest BCUT2D eigenvalue weighted by atomic mass is 35.5. The summed E-state index contributed by atoms with van der Waals surface area (Å²) in [6, 6.07) is 12.7. The quantitative estimate of drug-likeness (QED) is 0.737. The highest BCUT2D eigenvalue weighted by molar-refractivity contribution is 6.42. The molecule has 2 aromatic rings. The molecule has 3 N–H and O–H groups in total. The summed E-state index contributed by atoms with van der Waals surface area (Å²) < 4.78 is 10.4. The number of aliphatic hydroxyl groups is 1. The van der Waals surface area contributed by atoms with Crippen molar-refractivity contribution in [3.63, 3.8) is 0 Å². The minimum atomic E-state index is -0.933. The van der Waals surface area contributed by atoms with E-state index in [2.05, 4.69) is 4.90 Å². The molecule has 1 aliphatic heterocycles. The third-order valence-electron chi connectivity index (χ3n) is 4.75. The maximum absolute atomic E-state index is 11.1. The number of aliphatic hydroxyl groups excluding tert-OH is 1. The second kappa shape index (κ2) is 9.47. The van der Waals surface area contributed by atoms with Crippen LogP contribution >= 0.6 is 23.2 Å². The normalized spacial score (nSPS) is 16.5. The van der Waals surface area contributed by atoms with E-state index >= 15 is 0 Å². The molecule has 28 heavy (non-hydrogen) atoms. The van der Waals surface area contributed by atoms with Crippen LogP contribution < -0.4 is 10.6 Å². The summed E-state index contributed by atoms with van der Waals surface area (Å²) >= 11 is 12.1. The van der Waals surface area contributed by atoms with Gasteiger partial charge in [-0.05, 0) is 35.4 Å². The molecule has 0 spiro atoms. The maximum atomic E-state index is 11.1. The number of anilines is 1. The molecule has 1 amide bonds. The van der Waals surface area contributed by atoms with Crippen molar-refractivity contribution in [1.29, 1.82) is 0 Å². The van der Waals surface area contributed by atoms with Crippen LogP contribution in [0.3, 0.4) is 0 Å². The van der Waals surface area contributed by atoms with Gasteiger partial charge in [0.2, 0.25) is 0 Å². The van der Waals surface area contributed by atoms with Gasteiger partial charge < -0.3 is 25.2 Å². The predicted molar refractivity (Wildman–Crippen MR) is 109 cm³/mol. The average Bonchev–Trinajstić information content (AvgIpc) is 2.71. The van der Waals surface area contributed by atoms with Crippen molar-refractivity contribution in [3.05, 3.63) is 63.6 Å². The fourth-order valence-electron chi connectivity index (χ4n) is 3.24. The molecule has 2 unspecified atom stereocenters. The van der Waals surface area contributed by atoms with Crippen LogP contribution in [0.15, 0.2) is 42.5 Å². The van der Waals surface area contributed by atoms with Crippen LogP contribution in [0.5, 0.6) is 0 Å². The molecule has 6 nitrogen and oxygen atoms in total. The van der Waals surface area contributed by atoms with Gasteiger partial charge in [0.15, 0.2) is 0 Å². The Bertz CT molecular complexity index is 828. The highest BCUT2D eigenvalue weighted by Crippen LogP contribution is 2.35. The summed E-state index contributed by atoms with van der Waals surface area (Å²) in [7, 11) is 0. The van der Waals surface area contributed by atoms with Gasteiger partial charge in [-0.2, -0.15) is 0 Å². The van der Waals surface area contributed by atoms with Crippen LogP contribution in [0, 0.1) is 0 Å². The number of rotatable bonds is 6. The Balaban J connectivity index is 1.88. The minimum Gasteiger partial charge on any atom is -0.449 e.